The van der Waals surface area contributed by atoms with Crippen molar-refractivity contribution in [2.24, 2.45) is 0 Å². The Labute approximate surface area is 116 Å². The zero-order valence-electron chi connectivity index (χ0n) is 11.5. The number of ether oxygens (including phenoxy) is 2. The molecule has 20 heavy (non-hydrogen) atoms. The van der Waals surface area contributed by atoms with Gasteiger partial charge >= 0.3 is 0 Å². The van der Waals surface area contributed by atoms with E-state index in [0.29, 0.717) is 23.1 Å². The second kappa shape index (κ2) is 4.85. The van der Waals surface area contributed by atoms with Crippen LogP contribution in [0.3, 0.4) is 0 Å². The number of nitrogens with zero attached hydrogens (tertiary/aromatic N) is 2. The predicted molar refractivity (Wildman–Crippen MR) is 75.1 cm³/mol. The summed E-state index contributed by atoms with van der Waals surface area (Å²) in [5.74, 6) is 1.87. The largest absolute Gasteiger partial charge is 0.497 e. The third kappa shape index (κ3) is 2.18. The molecule has 0 spiro atoms. The van der Waals surface area contributed by atoms with E-state index in [1.54, 1.807) is 20.3 Å². The third-order valence-corrected chi connectivity index (χ3v) is 2.99. The summed E-state index contributed by atoms with van der Waals surface area (Å²) in [6.07, 6.45) is 0. The summed E-state index contributed by atoms with van der Waals surface area (Å²) in [7, 11) is 3.21. The maximum absolute atomic E-state index is 5.70. The molecule has 0 bridgehead atoms. The molecule has 5 nitrogen and oxygen atoms in total. The van der Waals surface area contributed by atoms with Crippen LogP contribution in [-0.4, -0.2) is 24.2 Å². The fourth-order valence-electron chi connectivity index (χ4n) is 1.96. The van der Waals surface area contributed by atoms with Crippen LogP contribution in [0.2, 0.25) is 0 Å². The Hall–Kier alpha value is -2.56. The SMILES string of the molecule is COc1cc(OC)cc(-c2nc3ccc(C)nc3o2)c1. The molecule has 0 fully saturated rings. The molecular weight excluding hydrogens is 256 g/mol. The number of benzene rings is 1. The number of oxazole rings is 1. The zero-order valence-corrected chi connectivity index (χ0v) is 11.5. The Kier molecular flexibility index (Phi) is 3.02. The lowest BCUT2D eigenvalue weighted by Gasteiger charge is -2.05. The van der Waals surface area contributed by atoms with E-state index in [2.05, 4.69) is 9.97 Å². The van der Waals surface area contributed by atoms with Crippen LogP contribution in [0.5, 0.6) is 11.5 Å². The summed E-state index contributed by atoms with van der Waals surface area (Å²) in [6, 6.07) is 9.29. The summed E-state index contributed by atoms with van der Waals surface area (Å²) in [5.41, 5.74) is 2.94. The lowest BCUT2D eigenvalue weighted by molar-refractivity contribution is 0.394. The first-order valence-electron chi connectivity index (χ1n) is 6.17. The predicted octanol–water partition coefficient (Wildman–Crippen LogP) is 3.22. The molecule has 0 amide bonds. The van der Waals surface area contributed by atoms with Crippen LogP contribution in [0.4, 0.5) is 0 Å². The normalized spacial score (nSPS) is 10.8. The minimum atomic E-state index is 0.496. The average Bonchev–Trinajstić information content (AvgIpc) is 2.89. The highest BCUT2D eigenvalue weighted by atomic mass is 16.5. The number of aromatic nitrogens is 2. The van der Waals surface area contributed by atoms with Gasteiger partial charge in [-0.3, -0.25) is 0 Å². The Morgan fingerprint density at radius 1 is 0.950 bits per heavy atom. The molecule has 0 saturated heterocycles. The highest BCUT2D eigenvalue weighted by Gasteiger charge is 2.12. The molecule has 5 heteroatoms. The molecule has 3 rings (SSSR count). The number of hydrogen-bond donors (Lipinski definition) is 0. The number of methoxy groups -OCH3 is 2. The standard InChI is InChI=1S/C15H14N2O3/c1-9-4-5-13-15(16-9)20-14(17-13)10-6-11(18-2)8-12(7-10)19-3/h4-8H,1-3H3. The van der Waals surface area contributed by atoms with Crippen molar-refractivity contribution >= 4 is 11.2 Å². The average molecular weight is 270 g/mol. The van der Waals surface area contributed by atoms with Crippen LogP contribution in [0.25, 0.3) is 22.7 Å². The maximum Gasteiger partial charge on any atom is 0.247 e. The smallest absolute Gasteiger partial charge is 0.247 e. The van der Waals surface area contributed by atoms with Gasteiger partial charge in [-0.05, 0) is 31.2 Å². The van der Waals surface area contributed by atoms with E-state index in [1.807, 2.05) is 31.2 Å². The van der Waals surface area contributed by atoms with Gasteiger partial charge in [-0.2, -0.15) is 0 Å². The highest BCUT2D eigenvalue weighted by Crippen LogP contribution is 2.30. The van der Waals surface area contributed by atoms with E-state index < -0.39 is 0 Å². The number of pyridine rings is 1. The second-order valence-electron chi connectivity index (χ2n) is 4.40. The Bertz CT molecular complexity index is 743. The molecule has 3 aromatic rings. The Balaban J connectivity index is 2.14. The van der Waals surface area contributed by atoms with Crippen molar-refractivity contribution in [2.45, 2.75) is 6.92 Å². The van der Waals surface area contributed by atoms with Crippen molar-refractivity contribution in [1.82, 2.24) is 9.97 Å². The summed E-state index contributed by atoms with van der Waals surface area (Å²) in [5, 5.41) is 0. The van der Waals surface area contributed by atoms with Crippen LogP contribution in [0.1, 0.15) is 5.69 Å². The molecule has 0 radical (unpaired) electrons. The first-order chi connectivity index (χ1) is 9.69. The van der Waals surface area contributed by atoms with Gasteiger partial charge in [0.1, 0.15) is 17.0 Å². The molecule has 0 aliphatic heterocycles. The summed E-state index contributed by atoms with van der Waals surface area (Å²) in [4.78, 5) is 8.75. The van der Waals surface area contributed by atoms with Crippen molar-refractivity contribution in [2.75, 3.05) is 14.2 Å². The molecule has 1 aromatic carbocycles. The highest BCUT2D eigenvalue weighted by molar-refractivity contribution is 5.73. The summed E-state index contributed by atoms with van der Waals surface area (Å²) in [6.45, 7) is 1.91. The van der Waals surface area contributed by atoms with Crippen molar-refractivity contribution in [1.29, 1.82) is 0 Å². The van der Waals surface area contributed by atoms with E-state index in [9.17, 15) is 0 Å². The minimum absolute atomic E-state index is 0.496. The lowest BCUT2D eigenvalue weighted by atomic mass is 10.2. The fourth-order valence-corrected chi connectivity index (χ4v) is 1.96. The molecule has 0 unspecified atom stereocenters. The van der Waals surface area contributed by atoms with Gasteiger partial charge in [0, 0.05) is 17.3 Å². The van der Waals surface area contributed by atoms with Gasteiger partial charge in [-0.1, -0.05) is 0 Å². The van der Waals surface area contributed by atoms with Crippen molar-refractivity contribution < 1.29 is 13.9 Å². The van der Waals surface area contributed by atoms with Gasteiger partial charge in [0.2, 0.25) is 11.6 Å². The molecule has 2 heterocycles. The van der Waals surface area contributed by atoms with E-state index in [4.69, 9.17) is 13.9 Å². The first kappa shape index (κ1) is 12.5. The number of fused-ring (bicyclic) bond motifs is 1. The van der Waals surface area contributed by atoms with Crippen molar-refractivity contribution in [3.63, 3.8) is 0 Å². The van der Waals surface area contributed by atoms with E-state index in [0.717, 1.165) is 16.8 Å². The minimum Gasteiger partial charge on any atom is -0.497 e. The number of hydrogen-bond acceptors (Lipinski definition) is 5. The third-order valence-electron chi connectivity index (χ3n) is 2.99. The van der Waals surface area contributed by atoms with Crippen molar-refractivity contribution in [3.05, 3.63) is 36.0 Å². The molecular formula is C15H14N2O3. The van der Waals surface area contributed by atoms with Crippen LogP contribution in [0, 0.1) is 6.92 Å². The first-order valence-corrected chi connectivity index (χ1v) is 6.17. The lowest BCUT2D eigenvalue weighted by Crippen LogP contribution is -1.88. The van der Waals surface area contributed by atoms with E-state index in [1.165, 1.54) is 0 Å². The zero-order chi connectivity index (χ0) is 14.1. The molecule has 2 aromatic heterocycles. The van der Waals surface area contributed by atoms with Crippen LogP contribution in [-0.2, 0) is 0 Å². The monoisotopic (exact) mass is 270 g/mol. The Morgan fingerprint density at radius 2 is 1.65 bits per heavy atom. The molecule has 0 saturated carbocycles. The second-order valence-corrected chi connectivity index (χ2v) is 4.40. The fraction of sp³-hybridized carbons (Fsp3) is 0.200. The van der Waals surface area contributed by atoms with Gasteiger partial charge in [0.25, 0.3) is 0 Å². The number of rotatable bonds is 3. The van der Waals surface area contributed by atoms with Gasteiger partial charge in [0.15, 0.2) is 0 Å². The van der Waals surface area contributed by atoms with E-state index in [-0.39, 0.29) is 0 Å². The molecule has 0 N–H and O–H groups in total. The molecule has 0 atom stereocenters. The van der Waals surface area contributed by atoms with Gasteiger partial charge < -0.3 is 13.9 Å². The van der Waals surface area contributed by atoms with Crippen molar-refractivity contribution in [3.8, 4) is 23.0 Å². The van der Waals surface area contributed by atoms with Gasteiger partial charge in [0.05, 0.1) is 14.2 Å². The van der Waals surface area contributed by atoms with Crippen LogP contribution >= 0.6 is 0 Å². The molecule has 0 aliphatic carbocycles. The van der Waals surface area contributed by atoms with Crippen LogP contribution < -0.4 is 9.47 Å². The number of aryl methyl sites for hydroxylation is 1. The topological polar surface area (TPSA) is 57.4 Å². The molecule has 0 aliphatic rings. The van der Waals surface area contributed by atoms with E-state index >= 15 is 0 Å². The summed E-state index contributed by atoms with van der Waals surface area (Å²) < 4.78 is 16.2. The van der Waals surface area contributed by atoms with Gasteiger partial charge in [-0.15, -0.1) is 0 Å². The quantitative estimate of drug-likeness (QED) is 0.731. The van der Waals surface area contributed by atoms with Gasteiger partial charge in [-0.25, -0.2) is 9.97 Å². The maximum atomic E-state index is 5.70. The Morgan fingerprint density at radius 3 is 2.30 bits per heavy atom. The summed E-state index contributed by atoms with van der Waals surface area (Å²) >= 11 is 0. The molecule has 102 valence electrons. The van der Waals surface area contributed by atoms with Crippen LogP contribution in [0.15, 0.2) is 34.7 Å².